The largest absolute Gasteiger partial charge is 0.465 e. The molecule has 1 aliphatic rings. The highest BCUT2D eigenvalue weighted by molar-refractivity contribution is 5.65. The van der Waals surface area contributed by atoms with Crippen molar-refractivity contribution in [2.45, 2.75) is 18.9 Å². The molecule has 1 fully saturated rings. The molecule has 0 aromatic rings. The molecule has 1 aliphatic heterocycles. The third-order valence-electron chi connectivity index (χ3n) is 1.78. The molecule has 0 spiro atoms. The SMILES string of the molecule is C[C@]1(NC(=O)O)CCNC1. The highest BCUT2D eigenvalue weighted by Crippen LogP contribution is 2.12. The Kier molecular flexibility index (Phi) is 1.80. The van der Waals surface area contributed by atoms with E-state index in [-0.39, 0.29) is 5.54 Å². The summed E-state index contributed by atoms with van der Waals surface area (Å²) in [5, 5.41) is 14.0. The van der Waals surface area contributed by atoms with Gasteiger partial charge in [0.05, 0.1) is 5.54 Å². The predicted octanol–water partition coefficient (Wildman–Crippen LogP) is 0.00600. The van der Waals surface area contributed by atoms with E-state index in [1.54, 1.807) is 0 Å². The molecule has 0 saturated carbocycles. The van der Waals surface area contributed by atoms with Crippen molar-refractivity contribution in [2.75, 3.05) is 13.1 Å². The molecule has 1 saturated heterocycles. The second-order valence-electron chi connectivity index (χ2n) is 2.92. The van der Waals surface area contributed by atoms with Crippen molar-refractivity contribution in [3.8, 4) is 0 Å². The molecular weight excluding hydrogens is 132 g/mol. The van der Waals surface area contributed by atoms with Crippen LogP contribution in [0.2, 0.25) is 0 Å². The Morgan fingerprint density at radius 1 is 1.80 bits per heavy atom. The average Bonchev–Trinajstić information content (AvgIpc) is 2.12. The van der Waals surface area contributed by atoms with E-state index in [0.29, 0.717) is 0 Å². The Bertz CT molecular complexity index is 141. The van der Waals surface area contributed by atoms with Crippen LogP contribution in [0.1, 0.15) is 13.3 Å². The zero-order valence-electron chi connectivity index (χ0n) is 5.98. The Labute approximate surface area is 59.6 Å². The molecule has 10 heavy (non-hydrogen) atoms. The first-order chi connectivity index (χ1) is 4.62. The Hall–Kier alpha value is -0.770. The topological polar surface area (TPSA) is 61.4 Å². The van der Waals surface area contributed by atoms with Crippen molar-refractivity contribution < 1.29 is 9.90 Å². The highest BCUT2D eigenvalue weighted by atomic mass is 16.4. The van der Waals surface area contributed by atoms with E-state index in [1.807, 2.05) is 6.92 Å². The summed E-state index contributed by atoms with van der Waals surface area (Å²) in [5.74, 6) is 0. The van der Waals surface area contributed by atoms with Gasteiger partial charge in [0, 0.05) is 6.54 Å². The lowest BCUT2D eigenvalue weighted by molar-refractivity contribution is 0.182. The Morgan fingerprint density at radius 2 is 2.50 bits per heavy atom. The molecule has 4 nitrogen and oxygen atoms in total. The maximum atomic E-state index is 10.2. The second-order valence-corrected chi connectivity index (χ2v) is 2.92. The van der Waals surface area contributed by atoms with Crippen LogP contribution in [0.25, 0.3) is 0 Å². The van der Waals surface area contributed by atoms with Gasteiger partial charge < -0.3 is 15.7 Å². The minimum absolute atomic E-state index is 0.244. The molecule has 1 atom stereocenters. The van der Waals surface area contributed by atoms with Crippen molar-refractivity contribution in [1.82, 2.24) is 10.6 Å². The molecule has 4 heteroatoms. The van der Waals surface area contributed by atoms with Crippen LogP contribution in [-0.4, -0.2) is 29.8 Å². The van der Waals surface area contributed by atoms with Gasteiger partial charge in [0.1, 0.15) is 0 Å². The number of hydrogen-bond donors (Lipinski definition) is 3. The second kappa shape index (κ2) is 2.46. The maximum Gasteiger partial charge on any atom is 0.405 e. The standard InChI is InChI=1S/C6H12N2O2/c1-6(8-5(9)10)2-3-7-4-6/h7-8H,2-4H2,1H3,(H,9,10)/t6-/m0/s1. The summed E-state index contributed by atoms with van der Waals surface area (Å²) >= 11 is 0. The predicted molar refractivity (Wildman–Crippen MR) is 37.1 cm³/mol. The van der Waals surface area contributed by atoms with Crippen LogP contribution in [0.3, 0.4) is 0 Å². The third kappa shape index (κ3) is 1.60. The van der Waals surface area contributed by atoms with Gasteiger partial charge in [-0.25, -0.2) is 4.79 Å². The summed E-state index contributed by atoms with van der Waals surface area (Å²) in [6, 6.07) is 0. The van der Waals surface area contributed by atoms with Gasteiger partial charge in [0.2, 0.25) is 0 Å². The molecule has 0 radical (unpaired) electrons. The van der Waals surface area contributed by atoms with Gasteiger partial charge >= 0.3 is 6.09 Å². The number of carbonyl (C=O) groups is 1. The molecule has 1 rings (SSSR count). The first-order valence-corrected chi connectivity index (χ1v) is 3.34. The number of nitrogens with one attached hydrogen (secondary N) is 2. The van der Waals surface area contributed by atoms with Crippen LogP contribution in [-0.2, 0) is 0 Å². The number of hydrogen-bond acceptors (Lipinski definition) is 2. The van der Waals surface area contributed by atoms with Crippen molar-refractivity contribution in [2.24, 2.45) is 0 Å². The Morgan fingerprint density at radius 3 is 2.90 bits per heavy atom. The minimum atomic E-state index is -0.939. The van der Waals surface area contributed by atoms with Crippen molar-refractivity contribution in [3.05, 3.63) is 0 Å². The fraction of sp³-hybridized carbons (Fsp3) is 0.833. The fourth-order valence-electron chi connectivity index (χ4n) is 1.18. The normalized spacial score (nSPS) is 32.1. The minimum Gasteiger partial charge on any atom is -0.465 e. The molecule has 1 amide bonds. The van der Waals surface area contributed by atoms with Gasteiger partial charge in [0.15, 0.2) is 0 Å². The average molecular weight is 144 g/mol. The molecule has 0 aromatic carbocycles. The highest BCUT2D eigenvalue weighted by Gasteiger charge is 2.29. The molecule has 0 bridgehead atoms. The van der Waals surface area contributed by atoms with Crippen LogP contribution < -0.4 is 10.6 Å². The van der Waals surface area contributed by atoms with E-state index in [1.165, 1.54) is 0 Å². The van der Waals surface area contributed by atoms with Crippen molar-refractivity contribution in [3.63, 3.8) is 0 Å². The summed E-state index contributed by atoms with van der Waals surface area (Å²) in [6.45, 7) is 3.54. The first-order valence-electron chi connectivity index (χ1n) is 3.34. The van der Waals surface area contributed by atoms with Gasteiger partial charge in [0.25, 0.3) is 0 Å². The van der Waals surface area contributed by atoms with Gasteiger partial charge in [-0.2, -0.15) is 0 Å². The maximum absolute atomic E-state index is 10.2. The zero-order valence-corrected chi connectivity index (χ0v) is 5.98. The van der Waals surface area contributed by atoms with E-state index < -0.39 is 6.09 Å². The summed E-state index contributed by atoms with van der Waals surface area (Å²) in [4.78, 5) is 10.2. The fourth-order valence-corrected chi connectivity index (χ4v) is 1.18. The van der Waals surface area contributed by atoms with E-state index in [0.717, 1.165) is 19.5 Å². The number of carboxylic acid groups (broad SMARTS) is 1. The summed E-state index contributed by atoms with van der Waals surface area (Å²) in [5.41, 5.74) is -0.244. The van der Waals surface area contributed by atoms with E-state index in [9.17, 15) is 4.79 Å². The lowest BCUT2D eigenvalue weighted by atomic mass is 10.0. The number of rotatable bonds is 1. The quantitative estimate of drug-likeness (QED) is 0.485. The van der Waals surface area contributed by atoms with Gasteiger partial charge in [-0.15, -0.1) is 0 Å². The van der Waals surface area contributed by atoms with Crippen LogP contribution in [0, 0.1) is 0 Å². The van der Waals surface area contributed by atoms with Gasteiger partial charge in [-0.3, -0.25) is 0 Å². The molecular formula is C6H12N2O2. The van der Waals surface area contributed by atoms with E-state index in [2.05, 4.69) is 10.6 Å². The van der Waals surface area contributed by atoms with Crippen LogP contribution in [0.15, 0.2) is 0 Å². The van der Waals surface area contributed by atoms with Gasteiger partial charge in [-0.05, 0) is 19.9 Å². The molecule has 0 aromatic heterocycles. The Balaban J connectivity index is 2.43. The van der Waals surface area contributed by atoms with E-state index in [4.69, 9.17) is 5.11 Å². The van der Waals surface area contributed by atoms with Crippen molar-refractivity contribution >= 4 is 6.09 Å². The lowest BCUT2D eigenvalue weighted by Gasteiger charge is -2.21. The van der Waals surface area contributed by atoms with Crippen LogP contribution in [0.4, 0.5) is 4.79 Å². The summed E-state index contributed by atoms with van der Waals surface area (Å²) < 4.78 is 0. The molecule has 3 N–H and O–H groups in total. The van der Waals surface area contributed by atoms with Crippen molar-refractivity contribution in [1.29, 1.82) is 0 Å². The zero-order chi connectivity index (χ0) is 7.61. The van der Waals surface area contributed by atoms with Gasteiger partial charge in [-0.1, -0.05) is 0 Å². The third-order valence-corrected chi connectivity index (χ3v) is 1.78. The summed E-state index contributed by atoms with van der Waals surface area (Å²) in [7, 11) is 0. The van der Waals surface area contributed by atoms with E-state index >= 15 is 0 Å². The van der Waals surface area contributed by atoms with Crippen LogP contribution in [0.5, 0.6) is 0 Å². The lowest BCUT2D eigenvalue weighted by Crippen LogP contribution is -2.46. The molecule has 1 heterocycles. The first kappa shape index (κ1) is 7.34. The molecule has 0 aliphatic carbocycles. The summed E-state index contributed by atoms with van der Waals surface area (Å²) in [6.07, 6.45) is -0.0644. The molecule has 58 valence electrons. The van der Waals surface area contributed by atoms with Crippen LogP contribution >= 0.6 is 0 Å². The smallest absolute Gasteiger partial charge is 0.405 e. The monoisotopic (exact) mass is 144 g/mol. The number of amides is 1. The molecule has 0 unspecified atom stereocenters.